The van der Waals surface area contributed by atoms with Gasteiger partial charge in [-0.25, -0.2) is 27.2 Å². The summed E-state index contributed by atoms with van der Waals surface area (Å²) in [6, 6.07) is 7.12. The van der Waals surface area contributed by atoms with Crippen LogP contribution in [0.25, 0.3) is 0 Å². The van der Waals surface area contributed by atoms with Crippen molar-refractivity contribution in [1.29, 1.82) is 0 Å². The van der Waals surface area contributed by atoms with Crippen molar-refractivity contribution in [2.45, 2.75) is 69.7 Å². The summed E-state index contributed by atoms with van der Waals surface area (Å²) in [6.07, 6.45) is -1.79. The van der Waals surface area contributed by atoms with Crippen LogP contribution in [-0.4, -0.2) is 82.8 Å². The highest BCUT2D eigenvalue weighted by atomic mass is 19.3. The third-order valence-electron chi connectivity index (χ3n) is 5.57. The average molecular weight is 507 g/mol. The first-order valence-electron chi connectivity index (χ1n) is 11.3. The van der Waals surface area contributed by atoms with Gasteiger partial charge in [0.1, 0.15) is 5.60 Å². The molecule has 3 rings (SSSR count). The first-order valence-corrected chi connectivity index (χ1v) is 11.3. The first kappa shape index (κ1) is 28.6. The Morgan fingerprint density at radius 3 is 2.14 bits per heavy atom. The number of hydrogen-bond acceptors (Lipinski definition) is 5. The second-order valence-corrected chi connectivity index (χ2v) is 9.73. The van der Waals surface area contributed by atoms with Gasteiger partial charge in [-0.05, 0) is 39.2 Å². The van der Waals surface area contributed by atoms with Crippen molar-refractivity contribution < 1.29 is 37.0 Å². The van der Waals surface area contributed by atoms with Crippen LogP contribution in [0.15, 0.2) is 30.3 Å². The van der Waals surface area contributed by atoms with Gasteiger partial charge in [0.05, 0.1) is 25.2 Å². The molecule has 2 heterocycles. The minimum absolute atomic E-state index is 0.0895. The van der Waals surface area contributed by atoms with Crippen molar-refractivity contribution in [2.24, 2.45) is 5.73 Å². The molecule has 2 amide bonds. The summed E-state index contributed by atoms with van der Waals surface area (Å²) in [5.74, 6) is -6.07. The number of carbonyl (C=O) groups excluding carboxylic acids is 1. The van der Waals surface area contributed by atoms with E-state index in [4.69, 9.17) is 15.6 Å². The van der Waals surface area contributed by atoms with Gasteiger partial charge in [-0.2, -0.15) is 0 Å². The SMILES string of the molecule is CC(C)(C)OC(=O)N1CCC(N)C(F)(F)C1.O=C(O)N1CCC(NCc2ccccc2)C(F)(F)C1. The van der Waals surface area contributed by atoms with Gasteiger partial charge in [-0.3, -0.25) is 0 Å². The molecule has 1 aromatic rings. The predicted molar refractivity (Wildman–Crippen MR) is 122 cm³/mol. The highest BCUT2D eigenvalue weighted by molar-refractivity contribution is 5.68. The molecule has 1 aromatic carbocycles. The Morgan fingerprint density at radius 1 is 1.06 bits per heavy atom. The number of hydrogen-bond donors (Lipinski definition) is 3. The van der Waals surface area contributed by atoms with E-state index in [2.05, 4.69) is 5.32 Å². The largest absolute Gasteiger partial charge is 0.465 e. The highest BCUT2D eigenvalue weighted by Crippen LogP contribution is 2.28. The minimum Gasteiger partial charge on any atom is -0.465 e. The van der Waals surface area contributed by atoms with Gasteiger partial charge < -0.3 is 30.7 Å². The molecular formula is C23H34F4N4O4. The summed E-state index contributed by atoms with van der Waals surface area (Å²) in [5, 5.41) is 11.6. The molecular weight excluding hydrogens is 472 g/mol. The Bertz CT molecular complexity index is 852. The van der Waals surface area contributed by atoms with Gasteiger partial charge in [-0.1, -0.05) is 30.3 Å². The quantitative estimate of drug-likeness (QED) is 0.539. The molecule has 8 nitrogen and oxygen atoms in total. The monoisotopic (exact) mass is 506 g/mol. The standard InChI is InChI=1S/C13H16F2N2O2.C10H18F2N2O2/c14-13(15)9-17(12(18)19)7-6-11(13)16-8-10-4-2-1-3-5-10;1-9(2,3)16-8(15)14-5-4-7(13)10(11,12)6-14/h1-5,11,16H,6-9H2,(H,18,19);7H,4-6,13H2,1-3H3. The van der Waals surface area contributed by atoms with Gasteiger partial charge in [0.2, 0.25) is 0 Å². The molecule has 35 heavy (non-hydrogen) atoms. The highest BCUT2D eigenvalue weighted by Gasteiger charge is 2.46. The van der Waals surface area contributed by atoms with Gasteiger partial charge in [0, 0.05) is 19.6 Å². The third-order valence-corrected chi connectivity index (χ3v) is 5.57. The third kappa shape index (κ3) is 8.84. The molecule has 0 bridgehead atoms. The van der Waals surface area contributed by atoms with E-state index in [-0.39, 0.29) is 25.9 Å². The molecule has 2 saturated heterocycles. The maximum Gasteiger partial charge on any atom is 0.410 e. The molecule has 0 radical (unpaired) electrons. The van der Waals surface area contributed by atoms with Crippen molar-refractivity contribution in [1.82, 2.24) is 15.1 Å². The zero-order chi connectivity index (χ0) is 26.4. The molecule has 2 unspecified atom stereocenters. The predicted octanol–water partition coefficient (Wildman–Crippen LogP) is 3.75. The Kier molecular flexibility index (Phi) is 9.35. The Hall–Kier alpha value is -2.60. The Morgan fingerprint density at radius 2 is 1.63 bits per heavy atom. The number of carbonyl (C=O) groups is 2. The maximum absolute atomic E-state index is 13.8. The Balaban J connectivity index is 0.000000251. The number of benzene rings is 1. The van der Waals surface area contributed by atoms with Crippen molar-refractivity contribution in [2.75, 3.05) is 26.2 Å². The van der Waals surface area contributed by atoms with E-state index < -0.39 is 54.8 Å². The second-order valence-electron chi connectivity index (χ2n) is 9.73. The van der Waals surface area contributed by atoms with E-state index >= 15 is 0 Å². The zero-order valence-corrected chi connectivity index (χ0v) is 20.1. The number of nitrogens with two attached hydrogens (primary N) is 1. The Labute approximate surface area is 202 Å². The second kappa shape index (κ2) is 11.4. The summed E-state index contributed by atoms with van der Waals surface area (Å²) in [4.78, 5) is 24.0. The van der Waals surface area contributed by atoms with Crippen LogP contribution in [0, 0.1) is 0 Å². The molecule has 2 atom stereocenters. The van der Waals surface area contributed by atoms with Crippen molar-refractivity contribution in [3.63, 3.8) is 0 Å². The van der Waals surface area contributed by atoms with E-state index in [1.54, 1.807) is 20.8 Å². The van der Waals surface area contributed by atoms with Gasteiger partial charge in [0.25, 0.3) is 11.8 Å². The fraction of sp³-hybridized carbons (Fsp3) is 0.652. The van der Waals surface area contributed by atoms with Gasteiger partial charge >= 0.3 is 12.2 Å². The number of nitrogens with one attached hydrogen (secondary N) is 1. The van der Waals surface area contributed by atoms with Crippen LogP contribution in [0.2, 0.25) is 0 Å². The van der Waals surface area contributed by atoms with E-state index in [0.717, 1.165) is 15.4 Å². The molecule has 12 heteroatoms. The van der Waals surface area contributed by atoms with Crippen LogP contribution in [0.3, 0.4) is 0 Å². The first-order chi connectivity index (χ1) is 16.1. The number of halogens is 4. The maximum atomic E-state index is 13.8. The lowest BCUT2D eigenvalue weighted by molar-refractivity contribution is -0.0840. The topological polar surface area (TPSA) is 108 Å². The fourth-order valence-corrected chi connectivity index (χ4v) is 3.63. The summed E-state index contributed by atoms with van der Waals surface area (Å²) in [5.41, 5.74) is 5.53. The number of amides is 2. The van der Waals surface area contributed by atoms with Crippen LogP contribution in [0.1, 0.15) is 39.2 Å². The molecule has 0 spiro atoms. The average Bonchev–Trinajstić information content (AvgIpc) is 2.74. The lowest BCUT2D eigenvalue weighted by atomic mass is 10.0. The van der Waals surface area contributed by atoms with E-state index in [0.29, 0.717) is 6.54 Å². The van der Waals surface area contributed by atoms with Crippen LogP contribution in [0.5, 0.6) is 0 Å². The van der Waals surface area contributed by atoms with Crippen LogP contribution < -0.4 is 11.1 Å². The number of nitrogens with zero attached hydrogens (tertiary/aromatic N) is 2. The minimum atomic E-state index is -3.04. The van der Waals surface area contributed by atoms with Gasteiger partial charge in [0.15, 0.2) is 0 Å². The normalized spacial score (nSPS) is 23.7. The molecule has 0 aromatic heterocycles. The molecule has 2 fully saturated rings. The molecule has 0 aliphatic carbocycles. The number of ether oxygens (including phenoxy) is 1. The van der Waals surface area contributed by atoms with Crippen LogP contribution >= 0.6 is 0 Å². The summed E-state index contributed by atoms with van der Waals surface area (Å²) < 4.78 is 59.2. The molecule has 2 aliphatic rings. The summed E-state index contributed by atoms with van der Waals surface area (Å²) in [7, 11) is 0. The van der Waals surface area contributed by atoms with E-state index in [9.17, 15) is 27.2 Å². The lowest BCUT2D eigenvalue weighted by Gasteiger charge is -2.37. The van der Waals surface area contributed by atoms with Crippen LogP contribution in [0.4, 0.5) is 27.2 Å². The van der Waals surface area contributed by atoms with E-state index in [1.165, 1.54) is 0 Å². The zero-order valence-electron chi connectivity index (χ0n) is 20.1. The number of likely N-dealkylation sites (tertiary alicyclic amines) is 2. The number of alkyl halides is 4. The van der Waals surface area contributed by atoms with Gasteiger partial charge in [-0.15, -0.1) is 0 Å². The number of rotatable bonds is 3. The van der Waals surface area contributed by atoms with Crippen LogP contribution in [-0.2, 0) is 11.3 Å². The molecule has 4 N–H and O–H groups in total. The summed E-state index contributed by atoms with van der Waals surface area (Å²) in [6.45, 7) is 4.38. The van der Waals surface area contributed by atoms with Crippen molar-refractivity contribution in [3.05, 3.63) is 35.9 Å². The summed E-state index contributed by atoms with van der Waals surface area (Å²) >= 11 is 0. The smallest absolute Gasteiger partial charge is 0.410 e. The fourth-order valence-electron chi connectivity index (χ4n) is 3.63. The lowest BCUT2D eigenvalue weighted by Crippen LogP contribution is -2.57. The molecule has 0 saturated carbocycles. The van der Waals surface area contributed by atoms with Crippen molar-refractivity contribution >= 4 is 12.2 Å². The van der Waals surface area contributed by atoms with Crippen molar-refractivity contribution in [3.8, 4) is 0 Å². The molecule has 2 aliphatic heterocycles. The number of carboxylic acid groups (broad SMARTS) is 1. The van der Waals surface area contributed by atoms with E-state index in [1.807, 2.05) is 30.3 Å². The number of piperidine rings is 2. The molecule has 198 valence electrons.